The monoisotopic (exact) mass is 273 g/mol. The normalized spacial score (nSPS) is 10.8. The Balaban J connectivity index is 1.87. The van der Waals surface area contributed by atoms with E-state index in [0.29, 0.717) is 0 Å². The van der Waals surface area contributed by atoms with Crippen LogP contribution in [-0.2, 0) is 6.54 Å². The molecule has 0 unspecified atom stereocenters. The van der Waals surface area contributed by atoms with Crippen molar-refractivity contribution >= 4 is 5.82 Å². The average Bonchev–Trinajstić information content (AvgIpc) is 2.66. The van der Waals surface area contributed by atoms with Gasteiger partial charge in [-0.3, -0.25) is 9.67 Å². The van der Waals surface area contributed by atoms with Gasteiger partial charge in [-0.1, -0.05) is 0 Å². The van der Waals surface area contributed by atoms with E-state index in [2.05, 4.69) is 45.8 Å². The minimum atomic E-state index is 0.871. The Labute approximate surface area is 120 Å². The average molecular weight is 273 g/mol. The van der Waals surface area contributed by atoms with Gasteiger partial charge >= 0.3 is 0 Å². The fourth-order valence-corrected chi connectivity index (χ4v) is 2.14. The molecular weight excluding hydrogens is 250 g/mol. The molecule has 0 aliphatic rings. The highest BCUT2D eigenvalue weighted by atomic mass is 15.3. The summed E-state index contributed by atoms with van der Waals surface area (Å²) >= 11 is 0. The van der Waals surface area contributed by atoms with Gasteiger partial charge in [0.15, 0.2) is 0 Å². The number of aromatic nitrogens is 4. The van der Waals surface area contributed by atoms with Crippen LogP contribution in [0.3, 0.4) is 0 Å². The second-order valence-electron chi connectivity index (χ2n) is 5.24. The molecule has 2 rings (SSSR count). The molecule has 20 heavy (non-hydrogen) atoms. The van der Waals surface area contributed by atoms with Crippen molar-refractivity contribution in [2.75, 3.05) is 11.9 Å². The van der Waals surface area contributed by atoms with Gasteiger partial charge in [0.2, 0.25) is 0 Å². The number of hydrogen-bond acceptors (Lipinski definition) is 4. The van der Waals surface area contributed by atoms with E-state index >= 15 is 0 Å². The summed E-state index contributed by atoms with van der Waals surface area (Å²) in [4.78, 5) is 8.76. The molecule has 0 aliphatic carbocycles. The first-order chi connectivity index (χ1) is 9.49. The standard InChI is InChI=1S/C15H23N5/c1-10-9-17-13(4)15(18-10)16-7-6-8-20-14(5)11(2)12(3)19-20/h9H,6-8H2,1-5H3,(H,16,18). The van der Waals surface area contributed by atoms with E-state index in [1.807, 2.05) is 13.8 Å². The first-order valence-corrected chi connectivity index (χ1v) is 7.03. The zero-order chi connectivity index (χ0) is 14.7. The number of nitrogens with one attached hydrogen (secondary N) is 1. The lowest BCUT2D eigenvalue weighted by Gasteiger charge is -2.09. The van der Waals surface area contributed by atoms with E-state index in [1.54, 1.807) is 6.20 Å². The van der Waals surface area contributed by atoms with E-state index in [1.165, 1.54) is 11.3 Å². The van der Waals surface area contributed by atoms with Crippen LogP contribution in [0.1, 0.15) is 34.8 Å². The highest BCUT2D eigenvalue weighted by molar-refractivity contribution is 5.39. The molecule has 108 valence electrons. The summed E-state index contributed by atoms with van der Waals surface area (Å²) in [5.41, 5.74) is 5.55. The molecule has 2 aromatic rings. The lowest BCUT2D eigenvalue weighted by atomic mass is 10.2. The number of aryl methyl sites for hydroxylation is 4. The van der Waals surface area contributed by atoms with Crippen LogP contribution in [-0.4, -0.2) is 26.3 Å². The van der Waals surface area contributed by atoms with E-state index < -0.39 is 0 Å². The summed E-state index contributed by atoms with van der Waals surface area (Å²) in [5.74, 6) is 0.884. The number of anilines is 1. The largest absolute Gasteiger partial charge is 0.368 e. The molecule has 2 heterocycles. The number of rotatable bonds is 5. The smallest absolute Gasteiger partial charge is 0.147 e. The zero-order valence-electron chi connectivity index (χ0n) is 13.0. The maximum absolute atomic E-state index is 4.55. The molecule has 0 radical (unpaired) electrons. The van der Waals surface area contributed by atoms with Crippen LogP contribution in [0.4, 0.5) is 5.82 Å². The Kier molecular flexibility index (Phi) is 4.37. The van der Waals surface area contributed by atoms with Gasteiger partial charge in [0, 0.05) is 25.0 Å². The van der Waals surface area contributed by atoms with Crippen molar-refractivity contribution in [2.45, 2.75) is 47.6 Å². The SMILES string of the molecule is Cc1cnc(C)c(NCCCn2nc(C)c(C)c2C)n1. The Bertz CT molecular complexity index is 601. The molecule has 0 amide bonds. The van der Waals surface area contributed by atoms with Crippen LogP contribution >= 0.6 is 0 Å². The number of nitrogens with zero attached hydrogens (tertiary/aromatic N) is 4. The lowest BCUT2D eigenvalue weighted by Crippen LogP contribution is -2.11. The third kappa shape index (κ3) is 3.15. The molecule has 5 heteroatoms. The fourth-order valence-electron chi connectivity index (χ4n) is 2.14. The Morgan fingerprint density at radius 2 is 1.85 bits per heavy atom. The van der Waals surface area contributed by atoms with Crippen LogP contribution in [0.15, 0.2) is 6.20 Å². The Morgan fingerprint density at radius 1 is 1.10 bits per heavy atom. The summed E-state index contributed by atoms with van der Waals surface area (Å²) < 4.78 is 2.08. The quantitative estimate of drug-likeness (QED) is 0.851. The molecule has 5 nitrogen and oxygen atoms in total. The van der Waals surface area contributed by atoms with Crippen molar-refractivity contribution in [3.8, 4) is 0 Å². The van der Waals surface area contributed by atoms with Gasteiger partial charge in [0.05, 0.1) is 17.1 Å². The molecule has 0 bridgehead atoms. The van der Waals surface area contributed by atoms with Gasteiger partial charge in [-0.05, 0) is 46.6 Å². The minimum absolute atomic E-state index is 0.871. The van der Waals surface area contributed by atoms with Crippen LogP contribution in [0, 0.1) is 34.6 Å². The summed E-state index contributed by atoms with van der Waals surface area (Å²) in [6.07, 6.45) is 2.80. The van der Waals surface area contributed by atoms with Crippen molar-refractivity contribution in [1.29, 1.82) is 0 Å². The highest BCUT2D eigenvalue weighted by Gasteiger charge is 2.06. The van der Waals surface area contributed by atoms with Gasteiger partial charge in [-0.2, -0.15) is 5.10 Å². The number of hydrogen-bond donors (Lipinski definition) is 1. The predicted octanol–water partition coefficient (Wildman–Crippen LogP) is 2.72. The molecule has 0 atom stereocenters. The third-order valence-corrected chi connectivity index (χ3v) is 3.66. The van der Waals surface area contributed by atoms with E-state index in [9.17, 15) is 0 Å². The van der Waals surface area contributed by atoms with Crippen molar-refractivity contribution in [3.05, 3.63) is 34.5 Å². The second kappa shape index (κ2) is 6.03. The Morgan fingerprint density at radius 3 is 2.50 bits per heavy atom. The summed E-state index contributed by atoms with van der Waals surface area (Å²) in [6.45, 7) is 12.0. The third-order valence-electron chi connectivity index (χ3n) is 3.66. The van der Waals surface area contributed by atoms with Crippen LogP contribution in [0.25, 0.3) is 0 Å². The minimum Gasteiger partial charge on any atom is -0.368 e. The van der Waals surface area contributed by atoms with Crippen molar-refractivity contribution in [2.24, 2.45) is 0 Å². The molecular formula is C15H23N5. The maximum atomic E-state index is 4.55. The topological polar surface area (TPSA) is 55.6 Å². The molecule has 0 aliphatic heterocycles. The van der Waals surface area contributed by atoms with Gasteiger partial charge in [-0.25, -0.2) is 4.98 Å². The molecule has 0 saturated carbocycles. The van der Waals surface area contributed by atoms with E-state index in [-0.39, 0.29) is 0 Å². The summed E-state index contributed by atoms with van der Waals surface area (Å²) in [7, 11) is 0. The molecule has 2 aromatic heterocycles. The van der Waals surface area contributed by atoms with Crippen molar-refractivity contribution < 1.29 is 0 Å². The molecule has 0 spiro atoms. The first kappa shape index (κ1) is 14.5. The molecule has 0 saturated heterocycles. The molecule has 0 fully saturated rings. The first-order valence-electron chi connectivity index (χ1n) is 7.03. The lowest BCUT2D eigenvalue weighted by molar-refractivity contribution is 0.573. The van der Waals surface area contributed by atoms with E-state index in [4.69, 9.17) is 0 Å². The fraction of sp³-hybridized carbons (Fsp3) is 0.533. The second-order valence-corrected chi connectivity index (χ2v) is 5.24. The van der Waals surface area contributed by atoms with Gasteiger partial charge < -0.3 is 5.32 Å². The maximum Gasteiger partial charge on any atom is 0.147 e. The van der Waals surface area contributed by atoms with Crippen molar-refractivity contribution in [1.82, 2.24) is 19.7 Å². The predicted molar refractivity (Wildman–Crippen MR) is 81.1 cm³/mol. The van der Waals surface area contributed by atoms with Gasteiger partial charge in [-0.15, -0.1) is 0 Å². The van der Waals surface area contributed by atoms with Crippen LogP contribution < -0.4 is 5.32 Å². The van der Waals surface area contributed by atoms with Crippen LogP contribution in [0.2, 0.25) is 0 Å². The summed E-state index contributed by atoms with van der Waals surface area (Å²) in [6, 6.07) is 0. The van der Waals surface area contributed by atoms with Gasteiger partial charge in [0.1, 0.15) is 5.82 Å². The summed E-state index contributed by atoms with van der Waals surface area (Å²) in [5, 5.41) is 7.90. The molecule has 1 N–H and O–H groups in total. The van der Waals surface area contributed by atoms with E-state index in [0.717, 1.165) is 42.4 Å². The van der Waals surface area contributed by atoms with Crippen molar-refractivity contribution in [3.63, 3.8) is 0 Å². The molecule has 0 aromatic carbocycles. The van der Waals surface area contributed by atoms with Gasteiger partial charge in [0.25, 0.3) is 0 Å². The van der Waals surface area contributed by atoms with Crippen LogP contribution in [0.5, 0.6) is 0 Å². The zero-order valence-corrected chi connectivity index (χ0v) is 13.0. The Hall–Kier alpha value is -1.91. The highest BCUT2D eigenvalue weighted by Crippen LogP contribution is 2.12.